The molecule has 2 aliphatic rings. The fraction of sp³-hybridized carbons (Fsp3) is 0.217. The number of nitrogens with one attached hydrogen (secondary N) is 2. The highest BCUT2D eigenvalue weighted by molar-refractivity contribution is 6.15. The summed E-state index contributed by atoms with van der Waals surface area (Å²) in [7, 11) is 0. The van der Waals surface area contributed by atoms with Gasteiger partial charge in [0, 0.05) is 55.4 Å². The number of aromatic amines is 1. The van der Waals surface area contributed by atoms with E-state index in [1.807, 2.05) is 0 Å². The first kappa shape index (κ1) is 20.3. The van der Waals surface area contributed by atoms with Crippen molar-refractivity contribution in [3.05, 3.63) is 64.5 Å². The number of piperazine rings is 1. The van der Waals surface area contributed by atoms with Gasteiger partial charge in [0.05, 0.1) is 16.7 Å². The van der Waals surface area contributed by atoms with Crippen LogP contribution >= 0.6 is 0 Å². The number of H-pyrrole nitrogens is 1. The lowest BCUT2D eigenvalue weighted by Crippen LogP contribution is -2.42. The molecule has 1 fully saturated rings. The zero-order chi connectivity index (χ0) is 22.2. The number of aromatic nitrogens is 1. The minimum atomic E-state index is -0.858. The first-order valence-electron chi connectivity index (χ1n) is 10.2. The van der Waals surface area contributed by atoms with E-state index < -0.39 is 5.97 Å². The van der Waals surface area contributed by atoms with Gasteiger partial charge in [0.1, 0.15) is 11.5 Å². The highest BCUT2D eigenvalue weighted by Gasteiger charge is 2.32. The number of rotatable bonds is 4. The van der Waals surface area contributed by atoms with Crippen LogP contribution in [0.15, 0.2) is 42.3 Å². The van der Waals surface area contributed by atoms with Crippen LogP contribution in [0.2, 0.25) is 0 Å². The van der Waals surface area contributed by atoms with Gasteiger partial charge in [-0.05, 0) is 30.3 Å². The van der Waals surface area contributed by atoms with Crippen LogP contribution in [-0.4, -0.2) is 58.2 Å². The van der Waals surface area contributed by atoms with Gasteiger partial charge < -0.3 is 20.1 Å². The summed E-state index contributed by atoms with van der Waals surface area (Å²) >= 11 is 0. The first-order valence-corrected chi connectivity index (χ1v) is 10.2. The molecule has 3 aromatic rings. The molecule has 2 aromatic carbocycles. The maximum Gasteiger partial charge on any atom is 0.372 e. The van der Waals surface area contributed by atoms with Gasteiger partial charge in [0.2, 0.25) is 5.78 Å². The number of allylic oxidation sites excluding steroid dienone is 1. The van der Waals surface area contributed by atoms with Gasteiger partial charge in [-0.15, -0.1) is 0 Å². The lowest BCUT2D eigenvalue weighted by atomic mass is 10.0. The Bertz CT molecular complexity index is 1260. The molecule has 0 bridgehead atoms. The van der Waals surface area contributed by atoms with Crippen molar-refractivity contribution < 1.29 is 29.6 Å². The molecule has 3 heterocycles. The second-order valence-corrected chi connectivity index (χ2v) is 7.79. The standard InChI is InChI=1S/C23H21N3O6/c27-19-4-3-16-21(28)20(31-22(16)17(19)12-26-7-5-24-6-8-26)10-14-11-25-18-9-13(23(29)32-30)1-2-15(14)18/h1-4,9-11,24-25,27,30H,5-8,12H2. The number of nitrogens with zero attached hydrogens (tertiary/aromatic N) is 1. The Hall–Kier alpha value is -3.66. The molecule has 32 heavy (non-hydrogen) atoms. The van der Waals surface area contributed by atoms with Crippen molar-refractivity contribution in [2.45, 2.75) is 6.54 Å². The van der Waals surface area contributed by atoms with Crippen LogP contribution in [0.4, 0.5) is 0 Å². The van der Waals surface area contributed by atoms with Crippen LogP contribution < -0.4 is 10.1 Å². The predicted octanol–water partition coefficient (Wildman–Crippen LogP) is 2.52. The second-order valence-electron chi connectivity index (χ2n) is 7.79. The molecule has 0 unspecified atom stereocenters. The van der Waals surface area contributed by atoms with Crippen LogP contribution in [-0.2, 0) is 11.4 Å². The third-order valence-corrected chi connectivity index (χ3v) is 5.83. The normalized spacial score (nSPS) is 17.5. The Morgan fingerprint density at radius 1 is 1.22 bits per heavy atom. The van der Waals surface area contributed by atoms with E-state index in [0.29, 0.717) is 34.5 Å². The number of phenolic OH excluding ortho intramolecular Hbond substituents is 1. The van der Waals surface area contributed by atoms with Crippen molar-refractivity contribution in [1.82, 2.24) is 15.2 Å². The van der Waals surface area contributed by atoms with E-state index in [2.05, 4.69) is 20.1 Å². The Labute approximate surface area is 182 Å². The smallest absolute Gasteiger partial charge is 0.372 e. The molecular weight excluding hydrogens is 414 g/mol. The fourth-order valence-corrected chi connectivity index (χ4v) is 4.13. The van der Waals surface area contributed by atoms with E-state index in [-0.39, 0.29) is 22.9 Å². The summed E-state index contributed by atoms with van der Waals surface area (Å²) < 4.78 is 5.96. The van der Waals surface area contributed by atoms with Gasteiger partial charge in [-0.25, -0.2) is 4.79 Å². The molecule has 0 radical (unpaired) electrons. The van der Waals surface area contributed by atoms with Crippen LogP contribution in [0.3, 0.4) is 0 Å². The van der Waals surface area contributed by atoms with Crippen LogP contribution in [0.1, 0.15) is 31.8 Å². The molecule has 9 nitrogen and oxygen atoms in total. The third kappa shape index (κ3) is 3.52. The van der Waals surface area contributed by atoms with Gasteiger partial charge in [-0.3, -0.25) is 14.6 Å². The van der Waals surface area contributed by atoms with E-state index in [9.17, 15) is 14.7 Å². The van der Waals surface area contributed by atoms with Gasteiger partial charge in [-0.2, -0.15) is 5.26 Å². The lowest BCUT2D eigenvalue weighted by molar-refractivity contribution is -0.182. The summed E-state index contributed by atoms with van der Waals surface area (Å²) in [6, 6.07) is 7.88. The number of hydrogen-bond donors (Lipinski definition) is 4. The van der Waals surface area contributed by atoms with Crippen molar-refractivity contribution in [3.8, 4) is 11.5 Å². The van der Waals surface area contributed by atoms with Crippen LogP contribution in [0, 0.1) is 0 Å². The van der Waals surface area contributed by atoms with Crippen molar-refractivity contribution in [1.29, 1.82) is 0 Å². The van der Waals surface area contributed by atoms with E-state index in [4.69, 9.17) is 9.99 Å². The Balaban J connectivity index is 1.47. The van der Waals surface area contributed by atoms with Gasteiger partial charge >= 0.3 is 5.97 Å². The van der Waals surface area contributed by atoms with Crippen LogP contribution in [0.25, 0.3) is 17.0 Å². The predicted molar refractivity (Wildman–Crippen MR) is 116 cm³/mol. The SMILES string of the molecule is O=C(OO)c1ccc2c(C=C3Oc4c(ccc(O)c4CN4CCNCC4)C3=O)c[nH]c2c1. The molecule has 0 atom stereocenters. The van der Waals surface area contributed by atoms with Crippen molar-refractivity contribution in [3.63, 3.8) is 0 Å². The van der Waals surface area contributed by atoms with E-state index >= 15 is 0 Å². The summed E-state index contributed by atoms with van der Waals surface area (Å²) in [5, 5.41) is 23.1. The summed E-state index contributed by atoms with van der Waals surface area (Å²) in [5.74, 6) is -0.453. The number of carbonyl (C=O) groups is 2. The highest BCUT2D eigenvalue weighted by Crippen LogP contribution is 2.40. The molecule has 4 N–H and O–H groups in total. The minimum Gasteiger partial charge on any atom is -0.507 e. The largest absolute Gasteiger partial charge is 0.507 e. The van der Waals surface area contributed by atoms with Crippen molar-refractivity contribution in [2.75, 3.05) is 26.2 Å². The molecular formula is C23H21N3O6. The van der Waals surface area contributed by atoms with E-state index in [1.165, 1.54) is 12.1 Å². The second kappa shape index (κ2) is 8.12. The number of ether oxygens (including phenoxy) is 1. The topological polar surface area (TPSA) is 124 Å². The van der Waals surface area contributed by atoms with Crippen LogP contribution in [0.5, 0.6) is 11.5 Å². The van der Waals surface area contributed by atoms with Crippen molar-refractivity contribution >= 4 is 28.7 Å². The molecule has 9 heteroatoms. The van der Waals surface area contributed by atoms with Gasteiger partial charge in [0.15, 0.2) is 5.76 Å². The zero-order valence-corrected chi connectivity index (χ0v) is 17.1. The average molecular weight is 435 g/mol. The molecule has 0 spiro atoms. The number of benzene rings is 2. The maximum absolute atomic E-state index is 13.0. The fourth-order valence-electron chi connectivity index (χ4n) is 4.13. The summed E-state index contributed by atoms with van der Waals surface area (Å²) in [6.07, 6.45) is 3.33. The van der Waals surface area contributed by atoms with Crippen molar-refractivity contribution in [2.24, 2.45) is 0 Å². The number of phenols is 1. The number of aromatic hydroxyl groups is 1. The number of hydrogen-bond acceptors (Lipinski definition) is 8. The van der Waals surface area contributed by atoms with E-state index in [0.717, 1.165) is 31.6 Å². The number of Topliss-reactive ketones (excluding diaryl/α,β-unsaturated/α-hetero) is 1. The quantitative estimate of drug-likeness (QED) is 0.280. The minimum absolute atomic E-state index is 0.103. The van der Waals surface area contributed by atoms with E-state index in [1.54, 1.807) is 30.5 Å². The molecule has 164 valence electrons. The molecule has 0 amide bonds. The molecule has 5 rings (SSSR count). The molecule has 2 aliphatic heterocycles. The maximum atomic E-state index is 13.0. The Morgan fingerprint density at radius 3 is 2.81 bits per heavy atom. The number of ketones is 1. The lowest BCUT2D eigenvalue weighted by Gasteiger charge is -2.27. The average Bonchev–Trinajstić information content (AvgIpc) is 3.36. The summed E-state index contributed by atoms with van der Waals surface area (Å²) in [5.41, 5.74) is 2.56. The Kier molecular flexibility index (Phi) is 5.14. The number of fused-ring (bicyclic) bond motifs is 2. The van der Waals surface area contributed by atoms with Gasteiger partial charge in [-0.1, -0.05) is 6.07 Å². The third-order valence-electron chi connectivity index (χ3n) is 5.83. The zero-order valence-electron chi connectivity index (χ0n) is 17.1. The monoisotopic (exact) mass is 435 g/mol. The molecule has 1 saturated heterocycles. The molecule has 0 aliphatic carbocycles. The molecule has 1 aromatic heterocycles. The highest BCUT2D eigenvalue weighted by atomic mass is 17.1. The summed E-state index contributed by atoms with van der Waals surface area (Å²) in [4.78, 5) is 33.5. The first-order chi connectivity index (χ1) is 15.5. The van der Waals surface area contributed by atoms with Gasteiger partial charge in [0.25, 0.3) is 0 Å². The Morgan fingerprint density at radius 2 is 2.03 bits per heavy atom. The number of carbonyl (C=O) groups excluding carboxylic acids is 2. The molecule has 0 saturated carbocycles. The summed E-state index contributed by atoms with van der Waals surface area (Å²) in [6.45, 7) is 3.94.